The van der Waals surface area contributed by atoms with Crippen molar-refractivity contribution in [3.05, 3.63) is 34.9 Å². The number of hydrogen-bond donors (Lipinski definition) is 1. The van der Waals surface area contributed by atoms with Gasteiger partial charge in [0.2, 0.25) is 0 Å². The Hall–Kier alpha value is -0.820. The molecule has 0 bridgehead atoms. The maximum atomic E-state index is 6.09. The van der Waals surface area contributed by atoms with Crippen LogP contribution in [-0.4, -0.2) is 6.54 Å². The molecule has 0 unspecified atom stereocenters. The fourth-order valence-corrected chi connectivity index (χ4v) is 3.14. The summed E-state index contributed by atoms with van der Waals surface area (Å²) in [7, 11) is 0. The first-order valence-electron chi connectivity index (χ1n) is 6.46. The molecular weight excluding hydrogens is 194 g/mol. The molecule has 0 amide bonds. The number of hydrogen-bond acceptors (Lipinski definition) is 1. The monoisotopic (exact) mass is 217 g/mol. The maximum Gasteiger partial charge on any atom is 0.00782 e. The van der Waals surface area contributed by atoms with Crippen LogP contribution in [0.25, 0.3) is 0 Å². The molecule has 16 heavy (non-hydrogen) atoms. The minimum atomic E-state index is 0.272. The molecule has 2 rings (SSSR count). The van der Waals surface area contributed by atoms with Crippen molar-refractivity contribution in [3.63, 3.8) is 0 Å². The summed E-state index contributed by atoms with van der Waals surface area (Å²) in [5.41, 5.74) is 10.7. The van der Waals surface area contributed by atoms with Crippen molar-refractivity contribution in [2.24, 2.45) is 5.73 Å². The van der Waals surface area contributed by atoms with E-state index >= 15 is 0 Å². The molecule has 0 heterocycles. The minimum Gasteiger partial charge on any atom is -0.330 e. The lowest BCUT2D eigenvalue weighted by molar-refractivity contribution is 0.299. The highest BCUT2D eigenvalue weighted by molar-refractivity contribution is 5.39. The van der Waals surface area contributed by atoms with Crippen LogP contribution in [0.1, 0.15) is 48.8 Å². The first-order valence-corrected chi connectivity index (χ1v) is 6.46. The second kappa shape index (κ2) is 4.58. The zero-order valence-electron chi connectivity index (χ0n) is 10.6. The Bertz CT molecular complexity index is 362. The van der Waals surface area contributed by atoms with Crippen LogP contribution in [0, 0.1) is 13.8 Å². The Morgan fingerprint density at radius 3 is 2.44 bits per heavy atom. The zero-order chi connectivity index (χ0) is 11.6. The second-order valence-corrected chi connectivity index (χ2v) is 5.29. The molecular formula is C15H23N. The summed E-state index contributed by atoms with van der Waals surface area (Å²) in [4.78, 5) is 0. The van der Waals surface area contributed by atoms with E-state index in [0.29, 0.717) is 0 Å². The van der Waals surface area contributed by atoms with Crippen LogP contribution >= 0.6 is 0 Å². The number of rotatable bonds is 2. The Labute approximate surface area is 99.0 Å². The van der Waals surface area contributed by atoms with Gasteiger partial charge < -0.3 is 5.73 Å². The summed E-state index contributed by atoms with van der Waals surface area (Å²) in [5.74, 6) is 0. The molecule has 1 aliphatic rings. The number of benzene rings is 1. The standard InChI is InChI=1S/C15H23N/c1-12-7-6-8-14(13(12)2)15(11-16)9-4-3-5-10-15/h6-8H,3-5,9-11,16H2,1-2H3. The van der Waals surface area contributed by atoms with Gasteiger partial charge in [0.05, 0.1) is 0 Å². The van der Waals surface area contributed by atoms with E-state index < -0.39 is 0 Å². The Kier molecular flexibility index (Phi) is 3.34. The average Bonchev–Trinajstić information content (AvgIpc) is 2.33. The minimum absolute atomic E-state index is 0.272. The topological polar surface area (TPSA) is 26.0 Å². The first kappa shape index (κ1) is 11.7. The van der Waals surface area contributed by atoms with Crippen LogP contribution in [0.3, 0.4) is 0 Å². The van der Waals surface area contributed by atoms with Gasteiger partial charge in [-0.25, -0.2) is 0 Å². The highest BCUT2D eigenvalue weighted by Crippen LogP contribution is 2.40. The summed E-state index contributed by atoms with van der Waals surface area (Å²) in [5, 5.41) is 0. The molecule has 0 saturated heterocycles. The van der Waals surface area contributed by atoms with Gasteiger partial charge in [0.25, 0.3) is 0 Å². The molecule has 1 aromatic carbocycles. The molecule has 1 aromatic rings. The Morgan fingerprint density at radius 2 is 1.81 bits per heavy atom. The fraction of sp³-hybridized carbons (Fsp3) is 0.600. The van der Waals surface area contributed by atoms with Crippen molar-refractivity contribution >= 4 is 0 Å². The van der Waals surface area contributed by atoms with E-state index in [1.165, 1.54) is 48.8 Å². The third-order valence-corrected chi connectivity index (χ3v) is 4.38. The van der Waals surface area contributed by atoms with Gasteiger partial charge in [-0.05, 0) is 43.4 Å². The molecule has 0 spiro atoms. The van der Waals surface area contributed by atoms with Gasteiger partial charge in [-0.15, -0.1) is 0 Å². The van der Waals surface area contributed by atoms with Crippen molar-refractivity contribution in [1.29, 1.82) is 0 Å². The van der Waals surface area contributed by atoms with Crippen molar-refractivity contribution < 1.29 is 0 Å². The molecule has 0 atom stereocenters. The van der Waals surface area contributed by atoms with Crippen LogP contribution in [-0.2, 0) is 5.41 Å². The number of nitrogens with two attached hydrogens (primary N) is 1. The normalized spacial score (nSPS) is 19.7. The van der Waals surface area contributed by atoms with Gasteiger partial charge in [-0.1, -0.05) is 37.5 Å². The second-order valence-electron chi connectivity index (χ2n) is 5.29. The van der Waals surface area contributed by atoms with E-state index in [4.69, 9.17) is 5.73 Å². The van der Waals surface area contributed by atoms with Crippen molar-refractivity contribution in [2.75, 3.05) is 6.54 Å². The Balaban J connectivity index is 2.43. The lowest BCUT2D eigenvalue weighted by Crippen LogP contribution is -2.37. The summed E-state index contributed by atoms with van der Waals surface area (Å²) >= 11 is 0. The maximum absolute atomic E-state index is 6.09. The molecule has 1 heteroatoms. The van der Waals surface area contributed by atoms with E-state index in [0.717, 1.165) is 6.54 Å². The predicted octanol–water partition coefficient (Wildman–Crippen LogP) is 3.46. The van der Waals surface area contributed by atoms with E-state index in [1.54, 1.807) is 0 Å². The van der Waals surface area contributed by atoms with Crippen LogP contribution in [0.5, 0.6) is 0 Å². The third-order valence-electron chi connectivity index (χ3n) is 4.38. The molecule has 0 radical (unpaired) electrons. The van der Waals surface area contributed by atoms with Crippen molar-refractivity contribution in [3.8, 4) is 0 Å². The highest BCUT2D eigenvalue weighted by Gasteiger charge is 2.33. The zero-order valence-corrected chi connectivity index (χ0v) is 10.6. The van der Waals surface area contributed by atoms with Crippen LogP contribution in [0.4, 0.5) is 0 Å². The fourth-order valence-electron chi connectivity index (χ4n) is 3.14. The van der Waals surface area contributed by atoms with E-state index in [2.05, 4.69) is 32.0 Å². The molecule has 0 aliphatic heterocycles. The summed E-state index contributed by atoms with van der Waals surface area (Å²) in [6, 6.07) is 6.68. The molecule has 1 aliphatic carbocycles. The van der Waals surface area contributed by atoms with E-state index in [-0.39, 0.29) is 5.41 Å². The average molecular weight is 217 g/mol. The number of aryl methyl sites for hydroxylation is 1. The van der Waals surface area contributed by atoms with Gasteiger partial charge in [0.1, 0.15) is 0 Å². The largest absolute Gasteiger partial charge is 0.330 e. The summed E-state index contributed by atoms with van der Waals surface area (Å²) in [6.45, 7) is 5.25. The lowest BCUT2D eigenvalue weighted by atomic mass is 9.68. The molecule has 0 aromatic heterocycles. The molecule has 1 fully saturated rings. The van der Waals surface area contributed by atoms with Crippen molar-refractivity contribution in [1.82, 2.24) is 0 Å². The van der Waals surface area contributed by atoms with Crippen molar-refractivity contribution in [2.45, 2.75) is 51.4 Å². The summed E-state index contributed by atoms with van der Waals surface area (Å²) < 4.78 is 0. The molecule has 2 N–H and O–H groups in total. The smallest absolute Gasteiger partial charge is 0.00782 e. The van der Waals surface area contributed by atoms with Crippen LogP contribution in [0.15, 0.2) is 18.2 Å². The highest BCUT2D eigenvalue weighted by atomic mass is 14.6. The van der Waals surface area contributed by atoms with Gasteiger partial charge in [0.15, 0.2) is 0 Å². The Morgan fingerprint density at radius 1 is 1.12 bits per heavy atom. The van der Waals surface area contributed by atoms with Crippen LogP contribution in [0.2, 0.25) is 0 Å². The van der Waals surface area contributed by atoms with E-state index in [9.17, 15) is 0 Å². The molecule has 1 saturated carbocycles. The first-order chi connectivity index (χ1) is 7.69. The van der Waals surface area contributed by atoms with Gasteiger partial charge in [-0.3, -0.25) is 0 Å². The summed E-state index contributed by atoms with van der Waals surface area (Å²) in [6.07, 6.45) is 6.60. The van der Waals surface area contributed by atoms with E-state index in [1.807, 2.05) is 0 Å². The van der Waals surface area contributed by atoms with Crippen LogP contribution < -0.4 is 5.73 Å². The molecule has 1 nitrogen and oxygen atoms in total. The molecule has 88 valence electrons. The third kappa shape index (κ3) is 1.89. The van der Waals surface area contributed by atoms with Gasteiger partial charge in [0, 0.05) is 12.0 Å². The quantitative estimate of drug-likeness (QED) is 0.806. The lowest BCUT2D eigenvalue weighted by Gasteiger charge is -2.38. The van der Waals surface area contributed by atoms with Gasteiger partial charge in [-0.2, -0.15) is 0 Å². The predicted molar refractivity (Wildman–Crippen MR) is 69.7 cm³/mol. The van der Waals surface area contributed by atoms with Gasteiger partial charge >= 0.3 is 0 Å². The SMILES string of the molecule is Cc1cccc(C2(CN)CCCCC2)c1C.